The van der Waals surface area contributed by atoms with Crippen LogP contribution in [0, 0.1) is 6.92 Å². The first-order valence-corrected chi connectivity index (χ1v) is 8.65. The van der Waals surface area contributed by atoms with Gasteiger partial charge in [0.1, 0.15) is 5.76 Å². The van der Waals surface area contributed by atoms with E-state index >= 15 is 0 Å². The van der Waals surface area contributed by atoms with E-state index in [0.717, 1.165) is 29.7 Å². The predicted molar refractivity (Wildman–Crippen MR) is 93.8 cm³/mol. The fourth-order valence-electron chi connectivity index (χ4n) is 3.35. The monoisotopic (exact) mass is 343 g/mol. The number of pyridine rings is 1. The van der Waals surface area contributed by atoms with E-state index in [-0.39, 0.29) is 12.1 Å². The van der Waals surface area contributed by atoms with Crippen LogP contribution in [0.4, 0.5) is 4.79 Å². The van der Waals surface area contributed by atoms with Crippen LogP contribution in [0.25, 0.3) is 0 Å². The van der Waals surface area contributed by atoms with Crippen molar-refractivity contribution in [3.8, 4) is 0 Å². The minimum absolute atomic E-state index is 0.0809. The van der Waals surface area contributed by atoms with E-state index in [1.165, 1.54) is 0 Å². The highest BCUT2D eigenvalue weighted by atomic mass is 16.3. The van der Waals surface area contributed by atoms with Crippen molar-refractivity contribution in [1.29, 1.82) is 0 Å². The van der Waals surface area contributed by atoms with Gasteiger partial charge in [0.15, 0.2) is 0 Å². The molecule has 1 aliphatic carbocycles. The van der Waals surface area contributed by atoms with Crippen molar-refractivity contribution in [1.82, 2.24) is 15.2 Å². The Labute approximate surface area is 147 Å². The van der Waals surface area contributed by atoms with Crippen molar-refractivity contribution < 1.29 is 14.3 Å². The van der Waals surface area contributed by atoms with Gasteiger partial charge >= 0.3 is 6.03 Å². The van der Waals surface area contributed by atoms with E-state index in [2.05, 4.69) is 10.3 Å². The molecule has 1 aliphatic rings. The lowest BCUT2D eigenvalue weighted by Crippen LogP contribution is -2.46. The largest absolute Gasteiger partial charge is 0.469 e. The molecule has 0 spiro atoms. The molecule has 2 aromatic heterocycles. The van der Waals surface area contributed by atoms with Crippen molar-refractivity contribution in [3.05, 3.63) is 53.7 Å². The van der Waals surface area contributed by atoms with E-state index in [0.29, 0.717) is 19.4 Å². The molecule has 1 saturated carbocycles. The highest BCUT2D eigenvalue weighted by Gasteiger charge is 2.35. The van der Waals surface area contributed by atoms with Crippen LogP contribution in [-0.2, 0) is 12.1 Å². The summed E-state index contributed by atoms with van der Waals surface area (Å²) in [7, 11) is 1.77. The number of carbonyl (C=O) groups is 1. The molecule has 2 aromatic rings. The normalized spacial score (nSPS) is 23.2. The molecule has 2 amide bonds. The number of furan rings is 1. The lowest BCUT2D eigenvalue weighted by Gasteiger charge is -2.37. The van der Waals surface area contributed by atoms with Crippen molar-refractivity contribution in [3.63, 3.8) is 0 Å². The molecule has 0 bridgehead atoms. The van der Waals surface area contributed by atoms with Crippen molar-refractivity contribution in [2.24, 2.45) is 0 Å². The number of nitrogens with zero attached hydrogens (tertiary/aromatic N) is 2. The average molecular weight is 343 g/mol. The van der Waals surface area contributed by atoms with E-state index in [4.69, 9.17) is 4.42 Å². The smallest absolute Gasteiger partial charge is 0.317 e. The van der Waals surface area contributed by atoms with Gasteiger partial charge in [0.05, 0.1) is 18.4 Å². The second kappa shape index (κ2) is 7.27. The van der Waals surface area contributed by atoms with Crippen molar-refractivity contribution in [2.75, 3.05) is 7.05 Å². The molecule has 0 radical (unpaired) electrons. The molecule has 1 fully saturated rings. The molecule has 6 heteroatoms. The van der Waals surface area contributed by atoms with Crippen LogP contribution in [0.3, 0.4) is 0 Å². The third kappa shape index (κ3) is 4.02. The summed E-state index contributed by atoms with van der Waals surface area (Å²) in [5.74, 6) is 0.832. The first kappa shape index (κ1) is 17.5. The number of hydrogen-bond donors (Lipinski definition) is 2. The lowest BCUT2D eigenvalue weighted by atomic mass is 9.78. The minimum atomic E-state index is -0.838. The highest BCUT2D eigenvalue weighted by molar-refractivity contribution is 5.74. The van der Waals surface area contributed by atoms with Crippen molar-refractivity contribution >= 4 is 6.03 Å². The van der Waals surface area contributed by atoms with Gasteiger partial charge in [-0.2, -0.15) is 0 Å². The van der Waals surface area contributed by atoms with Crippen LogP contribution in [0.15, 0.2) is 41.3 Å². The Bertz CT molecular complexity index is 706. The van der Waals surface area contributed by atoms with Gasteiger partial charge in [-0.1, -0.05) is 6.07 Å². The Hall–Kier alpha value is -2.34. The van der Waals surface area contributed by atoms with Gasteiger partial charge in [0.25, 0.3) is 0 Å². The quantitative estimate of drug-likeness (QED) is 0.894. The van der Waals surface area contributed by atoms with Crippen LogP contribution in [0.1, 0.15) is 42.6 Å². The Morgan fingerprint density at radius 1 is 1.44 bits per heavy atom. The first-order chi connectivity index (χ1) is 12.0. The SMILES string of the molecule is Cc1occc1CN(C)C(=O)NC1CCC(O)(c2cccnc2)CC1. The van der Waals surface area contributed by atoms with Crippen LogP contribution < -0.4 is 5.32 Å². The summed E-state index contributed by atoms with van der Waals surface area (Å²) in [4.78, 5) is 18.1. The number of rotatable bonds is 4. The molecule has 2 heterocycles. The predicted octanol–water partition coefficient (Wildman–Crippen LogP) is 2.95. The summed E-state index contributed by atoms with van der Waals surface area (Å²) >= 11 is 0. The van der Waals surface area contributed by atoms with Gasteiger partial charge in [-0.25, -0.2) is 4.79 Å². The zero-order valence-corrected chi connectivity index (χ0v) is 14.7. The van der Waals surface area contributed by atoms with E-state index in [1.807, 2.05) is 25.1 Å². The zero-order chi connectivity index (χ0) is 17.9. The van der Waals surface area contributed by atoms with E-state index < -0.39 is 5.60 Å². The van der Waals surface area contributed by atoms with E-state index in [9.17, 15) is 9.90 Å². The summed E-state index contributed by atoms with van der Waals surface area (Å²) in [6.45, 7) is 2.40. The number of urea groups is 1. The minimum Gasteiger partial charge on any atom is -0.469 e. The molecular formula is C19H25N3O3. The maximum Gasteiger partial charge on any atom is 0.317 e. The number of nitrogens with one attached hydrogen (secondary N) is 1. The molecule has 0 unspecified atom stereocenters. The van der Waals surface area contributed by atoms with Gasteiger partial charge in [0, 0.05) is 36.6 Å². The second-order valence-corrected chi connectivity index (χ2v) is 6.86. The van der Waals surface area contributed by atoms with Crippen LogP contribution in [-0.4, -0.2) is 34.1 Å². The summed E-state index contributed by atoms with van der Waals surface area (Å²) < 4.78 is 5.27. The number of aryl methyl sites for hydroxylation is 1. The number of carbonyl (C=O) groups excluding carboxylic acids is 1. The number of aromatic nitrogens is 1. The third-order valence-corrected chi connectivity index (χ3v) is 5.06. The van der Waals surface area contributed by atoms with Gasteiger partial charge < -0.3 is 19.7 Å². The standard InChI is InChI=1S/C19H25N3O3/c1-14-15(7-11-25-14)13-22(2)18(23)21-17-5-8-19(24,9-6-17)16-4-3-10-20-12-16/h3-4,7,10-12,17,24H,5-6,8-9,13H2,1-2H3,(H,21,23). The molecule has 2 N–H and O–H groups in total. The molecule has 6 nitrogen and oxygen atoms in total. The van der Waals surface area contributed by atoms with Crippen LogP contribution >= 0.6 is 0 Å². The molecular weight excluding hydrogens is 318 g/mol. The number of hydrogen-bond acceptors (Lipinski definition) is 4. The topological polar surface area (TPSA) is 78.6 Å². The van der Waals surface area contributed by atoms with Crippen molar-refractivity contribution in [2.45, 2.75) is 50.8 Å². The zero-order valence-electron chi connectivity index (χ0n) is 14.7. The average Bonchev–Trinajstić information content (AvgIpc) is 3.02. The molecule has 0 aliphatic heterocycles. The van der Waals surface area contributed by atoms with Gasteiger partial charge in [0.2, 0.25) is 0 Å². The first-order valence-electron chi connectivity index (χ1n) is 8.65. The fourth-order valence-corrected chi connectivity index (χ4v) is 3.35. The van der Waals surface area contributed by atoms with E-state index in [1.54, 1.807) is 30.6 Å². The van der Waals surface area contributed by atoms with Crippen LogP contribution in [0.2, 0.25) is 0 Å². The third-order valence-electron chi connectivity index (χ3n) is 5.06. The van der Waals surface area contributed by atoms with Crippen LogP contribution in [0.5, 0.6) is 0 Å². The number of aliphatic hydroxyl groups is 1. The molecule has 3 rings (SSSR count). The molecule has 0 aromatic carbocycles. The van der Waals surface area contributed by atoms with Gasteiger partial charge in [-0.15, -0.1) is 0 Å². The Morgan fingerprint density at radius 2 is 2.20 bits per heavy atom. The Balaban J connectivity index is 1.52. The maximum atomic E-state index is 12.4. The fraction of sp³-hybridized carbons (Fsp3) is 0.474. The van der Waals surface area contributed by atoms with Gasteiger partial charge in [-0.3, -0.25) is 4.98 Å². The molecule has 0 saturated heterocycles. The summed E-state index contributed by atoms with van der Waals surface area (Å²) in [5.41, 5.74) is 1.02. The summed E-state index contributed by atoms with van der Waals surface area (Å²) in [5, 5.41) is 13.9. The summed E-state index contributed by atoms with van der Waals surface area (Å²) in [6.07, 6.45) is 7.79. The Kier molecular flexibility index (Phi) is 5.08. The Morgan fingerprint density at radius 3 is 2.80 bits per heavy atom. The molecule has 0 atom stereocenters. The lowest BCUT2D eigenvalue weighted by molar-refractivity contribution is -0.00796. The summed E-state index contributed by atoms with van der Waals surface area (Å²) in [6, 6.07) is 5.61. The maximum absolute atomic E-state index is 12.4. The number of amides is 2. The second-order valence-electron chi connectivity index (χ2n) is 6.86. The molecule has 25 heavy (non-hydrogen) atoms. The highest BCUT2D eigenvalue weighted by Crippen LogP contribution is 2.36. The molecule has 134 valence electrons. The van der Waals surface area contributed by atoms with Gasteiger partial charge in [-0.05, 0) is 44.7 Å².